The lowest BCUT2D eigenvalue weighted by Gasteiger charge is -2.33. The average Bonchev–Trinajstić information content (AvgIpc) is 3.16. The SMILES string of the molecule is Cc1c2c(cc3ccccc13)[Si](C)(C)c1c3oc4ccccc4c3cc3cc[n+](C)c-2c13. The highest BCUT2D eigenvalue weighted by Gasteiger charge is 2.42. The first kappa shape index (κ1) is 18.2. The van der Waals surface area contributed by atoms with Crippen molar-refractivity contribution in [2.24, 2.45) is 7.05 Å². The highest BCUT2D eigenvalue weighted by atomic mass is 28.3. The lowest BCUT2D eigenvalue weighted by Crippen LogP contribution is -2.58. The van der Waals surface area contributed by atoms with E-state index < -0.39 is 8.07 Å². The number of nitrogens with zero attached hydrogens (tertiary/aromatic N) is 1. The molecule has 0 aliphatic carbocycles. The second-order valence-electron chi connectivity index (χ2n) is 9.74. The number of benzene rings is 4. The summed E-state index contributed by atoms with van der Waals surface area (Å²) in [5.41, 5.74) is 6.20. The summed E-state index contributed by atoms with van der Waals surface area (Å²) in [6, 6.07) is 24.4. The Bertz CT molecular complexity index is 1770. The van der Waals surface area contributed by atoms with Crippen molar-refractivity contribution in [1.82, 2.24) is 0 Å². The zero-order valence-electron chi connectivity index (χ0n) is 18.8. The molecule has 2 nitrogen and oxygen atoms in total. The van der Waals surface area contributed by atoms with Crippen molar-refractivity contribution < 1.29 is 8.98 Å². The van der Waals surface area contributed by atoms with Gasteiger partial charge in [0.05, 0.1) is 10.9 Å². The van der Waals surface area contributed by atoms with Crippen molar-refractivity contribution in [3.8, 4) is 11.3 Å². The zero-order valence-corrected chi connectivity index (χ0v) is 19.8. The Labute approximate surface area is 187 Å². The molecule has 3 heteroatoms. The first-order chi connectivity index (χ1) is 15.5. The van der Waals surface area contributed by atoms with Gasteiger partial charge in [-0.05, 0) is 46.0 Å². The van der Waals surface area contributed by atoms with Gasteiger partial charge in [0.2, 0.25) is 5.69 Å². The fraction of sp³-hybridized carbons (Fsp3) is 0.138. The van der Waals surface area contributed by atoms with E-state index in [-0.39, 0.29) is 0 Å². The molecule has 0 fully saturated rings. The van der Waals surface area contributed by atoms with Gasteiger partial charge in [0, 0.05) is 22.0 Å². The Balaban J connectivity index is 1.79. The molecule has 0 spiro atoms. The van der Waals surface area contributed by atoms with Gasteiger partial charge in [-0.25, -0.2) is 4.57 Å². The quantitative estimate of drug-likeness (QED) is 0.219. The van der Waals surface area contributed by atoms with Crippen molar-refractivity contribution in [3.05, 3.63) is 78.5 Å². The predicted octanol–water partition coefficient (Wildman–Crippen LogP) is 5.83. The molecule has 0 amide bonds. The summed E-state index contributed by atoms with van der Waals surface area (Å²) in [4.78, 5) is 0. The molecule has 6 aromatic rings. The Hall–Kier alpha value is -3.43. The maximum Gasteiger partial charge on any atom is 0.220 e. The third-order valence-electron chi connectivity index (χ3n) is 7.61. The van der Waals surface area contributed by atoms with Crippen LogP contribution in [0.5, 0.6) is 0 Å². The average molecular weight is 431 g/mol. The number of aromatic nitrogens is 1. The lowest BCUT2D eigenvalue weighted by molar-refractivity contribution is -0.659. The van der Waals surface area contributed by atoms with Crippen LogP contribution in [0.15, 0.2) is 77.3 Å². The third kappa shape index (κ3) is 2.07. The number of para-hydroxylation sites is 1. The molecule has 0 bridgehead atoms. The van der Waals surface area contributed by atoms with E-state index in [1.165, 1.54) is 59.5 Å². The van der Waals surface area contributed by atoms with Gasteiger partial charge < -0.3 is 4.42 Å². The van der Waals surface area contributed by atoms with Gasteiger partial charge in [0.15, 0.2) is 6.20 Å². The molecule has 0 atom stereocenters. The fourth-order valence-corrected chi connectivity index (χ4v) is 9.43. The topological polar surface area (TPSA) is 17.0 Å². The van der Waals surface area contributed by atoms with E-state index in [2.05, 4.69) is 105 Å². The largest absolute Gasteiger partial charge is 0.456 e. The number of hydrogen-bond acceptors (Lipinski definition) is 1. The van der Waals surface area contributed by atoms with Gasteiger partial charge in [0.1, 0.15) is 26.3 Å². The summed E-state index contributed by atoms with van der Waals surface area (Å²) in [6.45, 7) is 7.30. The molecule has 32 heavy (non-hydrogen) atoms. The van der Waals surface area contributed by atoms with E-state index in [0.717, 1.165) is 11.2 Å². The van der Waals surface area contributed by atoms with Crippen LogP contribution in [0.1, 0.15) is 5.56 Å². The van der Waals surface area contributed by atoms with Gasteiger partial charge in [-0.1, -0.05) is 61.6 Å². The Morgan fingerprint density at radius 2 is 1.56 bits per heavy atom. The lowest BCUT2D eigenvalue weighted by atomic mass is 9.93. The summed E-state index contributed by atoms with van der Waals surface area (Å²) in [5.74, 6) is 0. The summed E-state index contributed by atoms with van der Waals surface area (Å²) in [5, 5.41) is 10.8. The van der Waals surface area contributed by atoms with E-state index in [9.17, 15) is 0 Å². The second kappa shape index (κ2) is 5.87. The summed E-state index contributed by atoms with van der Waals surface area (Å²) >= 11 is 0. The third-order valence-corrected chi connectivity index (χ3v) is 11.1. The summed E-state index contributed by atoms with van der Waals surface area (Å²) in [7, 11) is 0.112. The van der Waals surface area contributed by atoms with E-state index in [4.69, 9.17) is 4.42 Å². The number of aryl methyl sites for hydroxylation is 2. The monoisotopic (exact) mass is 430 g/mol. The molecule has 0 saturated carbocycles. The predicted molar refractivity (Wildman–Crippen MR) is 137 cm³/mol. The standard InChI is InChI=1S/C29H24NOSi/c1-17-20-10-6-5-9-18(20)16-24-25(17)27-26-19(13-14-30(27)2)15-22-21-11-7-8-12-23(21)31-28(22)29(26)32(24,3)4/h5-16H,1-4H3/q+1. The number of fused-ring (bicyclic) bond motifs is 7. The minimum atomic E-state index is -2.07. The smallest absolute Gasteiger partial charge is 0.220 e. The number of hydrogen-bond donors (Lipinski definition) is 0. The molecule has 0 saturated heterocycles. The van der Waals surface area contributed by atoms with Crippen LogP contribution in [-0.4, -0.2) is 8.07 Å². The molecule has 3 heterocycles. The van der Waals surface area contributed by atoms with Crippen molar-refractivity contribution in [1.29, 1.82) is 0 Å². The minimum absolute atomic E-state index is 0.977. The molecule has 0 unspecified atom stereocenters. The zero-order chi connectivity index (χ0) is 21.8. The summed E-state index contributed by atoms with van der Waals surface area (Å²) in [6.07, 6.45) is 2.22. The molecular weight excluding hydrogens is 406 g/mol. The first-order valence-corrected chi connectivity index (χ1v) is 14.3. The van der Waals surface area contributed by atoms with Crippen LogP contribution in [0.2, 0.25) is 13.1 Å². The molecule has 2 aromatic heterocycles. The van der Waals surface area contributed by atoms with E-state index in [1.807, 2.05) is 0 Å². The van der Waals surface area contributed by atoms with Crippen molar-refractivity contribution in [2.45, 2.75) is 20.0 Å². The number of rotatable bonds is 0. The van der Waals surface area contributed by atoms with Crippen LogP contribution in [0, 0.1) is 6.92 Å². The molecule has 1 aliphatic heterocycles. The molecule has 4 aromatic carbocycles. The Morgan fingerprint density at radius 1 is 0.812 bits per heavy atom. The second-order valence-corrected chi connectivity index (χ2v) is 14.0. The van der Waals surface area contributed by atoms with Gasteiger partial charge in [-0.3, -0.25) is 0 Å². The number of furan rings is 1. The van der Waals surface area contributed by atoms with Crippen LogP contribution >= 0.6 is 0 Å². The van der Waals surface area contributed by atoms with Gasteiger partial charge in [-0.2, -0.15) is 0 Å². The Kier molecular flexibility index (Phi) is 3.33. The highest BCUT2D eigenvalue weighted by Crippen LogP contribution is 2.40. The van der Waals surface area contributed by atoms with Crippen molar-refractivity contribution in [2.75, 3.05) is 0 Å². The van der Waals surface area contributed by atoms with Crippen LogP contribution in [0.25, 0.3) is 54.7 Å². The van der Waals surface area contributed by atoms with E-state index >= 15 is 0 Å². The Morgan fingerprint density at radius 3 is 2.41 bits per heavy atom. The van der Waals surface area contributed by atoms with Gasteiger partial charge >= 0.3 is 0 Å². The van der Waals surface area contributed by atoms with E-state index in [1.54, 1.807) is 0 Å². The van der Waals surface area contributed by atoms with Crippen LogP contribution in [-0.2, 0) is 7.05 Å². The molecule has 0 radical (unpaired) electrons. The van der Waals surface area contributed by atoms with Gasteiger partial charge in [0.25, 0.3) is 0 Å². The first-order valence-electron chi connectivity index (χ1n) is 11.3. The normalized spacial score (nSPS) is 14.5. The molecule has 154 valence electrons. The van der Waals surface area contributed by atoms with Crippen molar-refractivity contribution >= 4 is 61.9 Å². The molecule has 7 rings (SSSR count). The van der Waals surface area contributed by atoms with Gasteiger partial charge in [-0.15, -0.1) is 0 Å². The number of pyridine rings is 1. The van der Waals surface area contributed by atoms with Crippen LogP contribution < -0.4 is 14.9 Å². The van der Waals surface area contributed by atoms with Crippen LogP contribution in [0.4, 0.5) is 0 Å². The maximum atomic E-state index is 6.61. The summed E-state index contributed by atoms with van der Waals surface area (Å²) < 4.78 is 8.92. The highest BCUT2D eigenvalue weighted by molar-refractivity contribution is 7.04. The maximum absolute atomic E-state index is 6.61. The molecular formula is C29H24NOSi+. The minimum Gasteiger partial charge on any atom is -0.456 e. The van der Waals surface area contributed by atoms with Crippen LogP contribution in [0.3, 0.4) is 0 Å². The fourth-order valence-electron chi connectivity index (χ4n) is 6.07. The van der Waals surface area contributed by atoms with Crippen molar-refractivity contribution in [3.63, 3.8) is 0 Å². The molecule has 1 aliphatic rings. The van der Waals surface area contributed by atoms with E-state index in [0.29, 0.717) is 0 Å². The molecule has 0 N–H and O–H groups in total.